The van der Waals surface area contributed by atoms with Crippen LogP contribution in [0.2, 0.25) is 0 Å². The van der Waals surface area contributed by atoms with Crippen molar-refractivity contribution in [3.05, 3.63) is 204 Å². The Morgan fingerprint density at radius 3 is 1.38 bits per heavy atom. The summed E-state index contributed by atoms with van der Waals surface area (Å²) in [6.45, 7) is 10.8. The van der Waals surface area contributed by atoms with E-state index >= 15 is 0 Å². The van der Waals surface area contributed by atoms with Crippen molar-refractivity contribution in [2.75, 3.05) is 88.5 Å². The van der Waals surface area contributed by atoms with Gasteiger partial charge in [-0.3, -0.25) is 24.1 Å². The summed E-state index contributed by atoms with van der Waals surface area (Å²) in [6, 6.07) is 42.9. The fourth-order valence-electron chi connectivity index (χ4n) is 12.2. The number of fused-ring (bicyclic) bond motifs is 3. The minimum atomic E-state index is -0.321. The summed E-state index contributed by atoms with van der Waals surface area (Å²) in [4.78, 5) is 69.2. The lowest BCUT2D eigenvalue weighted by Gasteiger charge is -2.35. The molecule has 3 aliphatic heterocycles. The number of carbonyl (C=O) groups is 4. The normalized spacial score (nSPS) is 16.0. The molecule has 9 N–H and O–H groups in total. The molecule has 10 aromatic rings. The van der Waals surface area contributed by atoms with Crippen LogP contribution >= 0.6 is 0 Å². The van der Waals surface area contributed by atoms with E-state index in [1.165, 1.54) is 55.0 Å². The number of aromatic nitrogens is 3. The van der Waals surface area contributed by atoms with Gasteiger partial charge in [-0.15, -0.1) is 0 Å². The van der Waals surface area contributed by atoms with Crippen LogP contribution < -0.4 is 37.9 Å². The number of hydrogen-bond acceptors (Lipinski definition) is 14. The minimum Gasteiger partial charge on any atom is -0.490 e. The van der Waals surface area contributed by atoms with Crippen LogP contribution in [0.15, 0.2) is 170 Å². The molecule has 0 radical (unpaired) electrons. The summed E-state index contributed by atoms with van der Waals surface area (Å²) in [6.07, 6.45) is 8.50. The van der Waals surface area contributed by atoms with Gasteiger partial charge < -0.3 is 52.4 Å². The maximum absolute atomic E-state index is 13.7. The Kier molecular flexibility index (Phi) is 20.9. The first-order valence-corrected chi connectivity index (χ1v) is 31.7. The smallest absolute Gasteiger partial charge is 0.257 e. The molecule has 3 fully saturated rings. The largest absolute Gasteiger partial charge is 0.490 e. The van der Waals surface area contributed by atoms with E-state index in [1.54, 1.807) is 29.2 Å². The summed E-state index contributed by atoms with van der Waals surface area (Å²) >= 11 is 0. The van der Waals surface area contributed by atoms with E-state index in [0.29, 0.717) is 92.8 Å². The number of rotatable bonds is 15. The van der Waals surface area contributed by atoms with Crippen molar-refractivity contribution in [1.82, 2.24) is 40.3 Å². The van der Waals surface area contributed by atoms with E-state index in [-0.39, 0.29) is 59.4 Å². The van der Waals surface area contributed by atoms with Crippen molar-refractivity contribution >= 4 is 79.1 Å². The Labute approximate surface area is 548 Å². The van der Waals surface area contributed by atoms with Crippen LogP contribution in [0.4, 0.5) is 36.3 Å². The van der Waals surface area contributed by atoms with Crippen molar-refractivity contribution in [3.63, 3.8) is 0 Å². The molecule has 0 spiro atoms. The van der Waals surface area contributed by atoms with Crippen LogP contribution in [0.1, 0.15) is 70.6 Å². The Bertz CT molecular complexity index is 4450. The molecule has 2 unspecified atom stereocenters. The van der Waals surface area contributed by atoms with E-state index in [4.69, 9.17) is 26.7 Å². The minimum absolute atomic E-state index is 0.128. The van der Waals surface area contributed by atoms with Gasteiger partial charge >= 0.3 is 0 Å². The molecule has 0 saturated carbocycles. The van der Waals surface area contributed by atoms with Crippen LogP contribution in [0.5, 0.6) is 5.75 Å². The average Bonchev–Trinajstić information content (AvgIpc) is 0.961. The van der Waals surface area contributed by atoms with Crippen LogP contribution in [0, 0.1) is 17.5 Å². The summed E-state index contributed by atoms with van der Waals surface area (Å²) in [7, 11) is 2.12. The third kappa shape index (κ3) is 16.5. The lowest BCUT2D eigenvalue weighted by molar-refractivity contribution is -0.127. The van der Waals surface area contributed by atoms with Crippen molar-refractivity contribution < 1.29 is 41.8 Å². The highest BCUT2D eigenvalue weighted by atomic mass is 19.1. The number of anilines is 4. The van der Waals surface area contributed by atoms with Gasteiger partial charge in [0.05, 0.1) is 28.9 Å². The molecule has 4 amide bonds. The lowest BCUT2D eigenvalue weighted by atomic mass is 9.99. The highest BCUT2D eigenvalue weighted by Crippen LogP contribution is 2.34. The molecule has 3 aliphatic rings. The fraction of sp³-hybridized carbons (Fsp3) is 0.257. The van der Waals surface area contributed by atoms with E-state index in [2.05, 4.69) is 61.6 Å². The first-order valence-electron chi connectivity index (χ1n) is 31.7. The molecule has 0 bridgehead atoms. The molecule has 488 valence electrons. The predicted molar refractivity (Wildman–Crippen MR) is 367 cm³/mol. The highest BCUT2D eigenvalue weighted by Gasteiger charge is 2.24. The quantitative estimate of drug-likeness (QED) is 0.0559. The SMILES string of the molecule is CC1CN(CCNC(=O)c2cnc(N)c3cc(-c4cccc(F)c4)ccc23)CC(C)O1.CN1CCC(Oc2ccc(NC(=O)c3cnc(N)c4cc(-c5cccc(F)c5)ccc34)cc2)CC1.Nc1ncc(C(=O)NCCN2CCCC2=O)c2ccc(-c3cccc(F)c3)cc12. The third-order valence-corrected chi connectivity index (χ3v) is 17.1. The predicted octanol–water partition coefficient (Wildman–Crippen LogP) is 11.8. The zero-order chi connectivity index (χ0) is 66.7. The number of nitrogens with two attached hydrogens (primary N) is 3. The molecule has 3 saturated heterocycles. The molecule has 13 rings (SSSR count). The zero-order valence-corrected chi connectivity index (χ0v) is 53.1. The number of hydrogen-bond donors (Lipinski definition) is 6. The van der Waals surface area contributed by atoms with Crippen LogP contribution in [-0.2, 0) is 9.53 Å². The van der Waals surface area contributed by atoms with Crippen LogP contribution in [-0.4, -0.2) is 138 Å². The first-order chi connectivity index (χ1) is 45.9. The second-order valence-electron chi connectivity index (χ2n) is 24.1. The number of benzene rings is 7. The number of nitrogens with one attached hydrogen (secondary N) is 3. The topological polar surface area (TPSA) is 249 Å². The number of ether oxygens (including phenoxy) is 2. The summed E-state index contributed by atoms with van der Waals surface area (Å²) < 4.78 is 52.7. The number of morpholine rings is 1. The molecular formula is C74H75F3N12O6. The van der Waals surface area contributed by atoms with Gasteiger partial charge in [0.2, 0.25) is 5.91 Å². The number of amides is 4. The van der Waals surface area contributed by atoms with E-state index in [9.17, 15) is 32.3 Å². The monoisotopic (exact) mass is 1280 g/mol. The van der Waals surface area contributed by atoms with Crippen molar-refractivity contribution in [1.29, 1.82) is 0 Å². The van der Waals surface area contributed by atoms with E-state index in [1.807, 2.05) is 91.0 Å². The Morgan fingerprint density at radius 2 is 0.958 bits per heavy atom. The number of nitrogens with zero attached hydrogens (tertiary/aromatic N) is 6. The summed E-state index contributed by atoms with van der Waals surface area (Å²) in [5, 5.41) is 12.8. The standard InChI is InChI=1S/C28H27FN4O2.C24H27FN4O2.C22H21FN4O2/c1-33-13-11-23(12-14-33)35-22-8-6-21(7-9-22)32-28(34)26-17-31-27(30)25-16-19(5-10-24(25)26)18-3-2-4-20(29)15-18;1-15-13-29(14-16(2)31-15)9-8-27-24(30)22-12-28-23(26)21-11-18(6-7-20(21)22)17-4-3-5-19(25)10-17;23-16-4-1-3-14(11-16)15-6-7-17-18(12-15)21(24)26-13-19(17)22(29)25-8-10-27-9-2-5-20(27)28/h2-10,15-17,23H,11-14H2,1H3,(H2,30,31)(H,32,34);3-7,10-12,15-16H,8-9,13-14H2,1-2H3,(H2,26,28)(H,27,30);1,3-4,6-7,11-13H,2,5,8-10H2,(H2,24,26)(H,25,29). The molecule has 2 atom stereocenters. The van der Waals surface area contributed by atoms with Crippen molar-refractivity contribution in [3.8, 4) is 39.1 Å². The molecule has 6 heterocycles. The first kappa shape index (κ1) is 66.0. The maximum Gasteiger partial charge on any atom is 0.257 e. The molecule has 95 heavy (non-hydrogen) atoms. The Morgan fingerprint density at radius 1 is 0.537 bits per heavy atom. The molecule has 3 aromatic heterocycles. The number of piperidine rings is 1. The summed E-state index contributed by atoms with van der Waals surface area (Å²) in [5.41, 5.74) is 24.8. The van der Waals surface area contributed by atoms with Crippen LogP contribution in [0.25, 0.3) is 65.7 Å². The molecule has 0 aliphatic carbocycles. The zero-order valence-electron chi connectivity index (χ0n) is 53.1. The van der Waals surface area contributed by atoms with Gasteiger partial charge in [-0.1, -0.05) is 72.8 Å². The van der Waals surface area contributed by atoms with E-state index < -0.39 is 0 Å². The lowest BCUT2D eigenvalue weighted by Crippen LogP contribution is -2.47. The molecule has 7 aromatic carbocycles. The van der Waals surface area contributed by atoms with Gasteiger partial charge in [0.15, 0.2) is 0 Å². The van der Waals surface area contributed by atoms with Crippen molar-refractivity contribution in [2.24, 2.45) is 0 Å². The van der Waals surface area contributed by atoms with E-state index in [0.717, 1.165) is 103 Å². The third-order valence-electron chi connectivity index (χ3n) is 17.1. The average molecular weight is 1290 g/mol. The van der Waals surface area contributed by atoms with Gasteiger partial charge in [-0.2, -0.15) is 0 Å². The molecule has 21 heteroatoms. The fourth-order valence-corrected chi connectivity index (χ4v) is 12.2. The molecule has 18 nitrogen and oxygen atoms in total. The summed E-state index contributed by atoms with van der Waals surface area (Å²) in [5.74, 6) is 0.182. The van der Waals surface area contributed by atoms with Gasteiger partial charge in [0.1, 0.15) is 46.8 Å². The second kappa shape index (κ2) is 30.1. The van der Waals surface area contributed by atoms with Gasteiger partial charge in [0.25, 0.3) is 17.7 Å². The number of halogens is 3. The number of likely N-dealkylation sites (tertiary alicyclic amines) is 2. The van der Waals surface area contributed by atoms with Gasteiger partial charge in [0, 0.05) is 106 Å². The Balaban J connectivity index is 0.000000146. The highest BCUT2D eigenvalue weighted by molar-refractivity contribution is 6.15. The van der Waals surface area contributed by atoms with Crippen molar-refractivity contribution in [2.45, 2.75) is 57.8 Å². The van der Waals surface area contributed by atoms with Gasteiger partial charge in [-0.25, -0.2) is 28.1 Å². The van der Waals surface area contributed by atoms with Crippen LogP contribution in [0.3, 0.4) is 0 Å². The second-order valence-corrected chi connectivity index (χ2v) is 24.1. The Hall–Kier alpha value is -10.5. The maximum atomic E-state index is 13.7. The molecular weight excluding hydrogens is 1210 g/mol. The number of pyridine rings is 3. The number of nitrogen functional groups attached to an aromatic ring is 3. The van der Waals surface area contributed by atoms with Gasteiger partial charge in [-0.05, 0) is 169 Å². The number of carbonyl (C=O) groups excluding carboxylic acids is 4.